The van der Waals surface area contributed by atoms with E-state index in [1.807, 2.05) is 13.8 Å². The molecule has 1 fully saturated rings. The number of methoxy groups -OCH3 is 1. The zero-order valence-electron chi connectivity index (χ0n) is 16.1. The minimum atomic E-state index is -0.402. The highest BCUT2D eigenvalue weighted by atomic mass is 19.1. The number of hydrogen-bond donors (Lipinski definition) is 0. The lowest BCUT2D eigenvalue weighted by Crippen LogP contribution is -2.09. The van der Waals surface area contributed by atoms with Crippen LogP contribution in [0, 0.1) is 17.7 Å². The van der Waals surface area contributed by atoms with E-state index in [2.05, 4.69) is 0 Å². The van der Waals surface area contributed by atoms with E-state index in [0.29, 0.717) is 41.1 Å². The number of carbonyl (C=O) groups excluding carboxylic acids is 2. The summed E-state index contributed by atoms with van der Waals surface area (Å²) < 4.78 is 30.4. The van der Waals surface area contributed by atoms with E-state index < -0.39 is 5.82 Å². The lowest BCUT2D eigenvalue weighted by atomic mass is 10.0. The van der Waals surface area contributed by atoms with Gasteiger partial charge in [0.15, 0.2) is 6.29 Å². The van der Waals surface area contributed by atoms with E-state index in [9.17, 15) is 14.0 Å². The first-order valence-electron chi connectivity index (χ1n) is 9.19. The Bertz CT molecular complexity index is 877. The highest BCUT2D eigenvalue weighted by Gasteiger charge is 2.44. The summed E-state index contributed by atoms with van der Waals surface area (Å²) in [4.78, 5) is 23.0. The smallest absolute Gasteiger partial charge is 0.309 e. The van der Waals surface area contributed by atoms with Gasteiger partial charge >= 0.3 is 5.97 Å². The molecule has 0 saturated heterocycles. The Hall–Kier alpha value is -2.89. The largest absolute Gasteiger partial charge is 0.493 e. The molecule has 28 heavy (non-hydrogen) atoms. The predicted octanol–water partition coefficient (Wildman–Crippen LogP) is 4.28. The molecule has 0 unspecified atom stereocenters. The fourth-order valence-corrected chi connectivity index (χ4v) is 3.08. The molecular weight excluding hydrogens is 363 g/mol. The first kappa shape index (κ1) is 19.9. The lowest BCUT2D eigenvalue weighted by molar-refractivity contribution is -0.142. The molecule has 2 aromatic carbocycles. The van der Waals surface area contributed by atoms with Gasteiger partial charge in [0, 0.05) is 11.5 Å². The van der Waals surface area contributed by atoms with Gasteiger partial charge in [0.1, 0.15) is 17.3 Å². The van der Waals surface area contributed by atoms with Crippen molar-refractivity contribution >= 4 is 12.3 Å². The fraction of sp³-hybridized carbons (Fsp3) is 0.364. The van der Waals surface area contributed by atoms with Crippen LogP contribution < -0.4 is 9.47 Å². The van der Waals surface area contributed by atoms with Crippen molar-refractivity contribution in [2.75, 3.05) is 13.7 Å². The van der Waals surface area contributed by atoms with Crippen molar-refractivity contribution in [2.45, 2.75) is 26.4 Å². The SMILES string of the molecule is COC(=O)[C@@H]1C[C@H]1COc1ccc(-c2cc(OC(C)C)ccc2F)cc1C=O. The van der Waals surface area contributed by atoms with Gasteiger partial charge in [0.2, 0.25) is 0 Å². The van der Waals surface area contributed by atoms with Crippen molar-refractivity contribution in [3.8, 4) is 22.6 Å². The molecule has 0 N–H and O–H groups in total. The van der Waals surface area contributed by atoms with Crippen LogP contribution in [0.3, 0.4) is 0 Å². The van der Waals surface area contributed by atoms with Gasteiger partial charge in [-0.15, -0.1) is 0 Å². The van der Waals surface area contributed by atoms with Crippen molar-refractivity contribution in [1.82, 2.24) is 0 Å². The lowest BCUT2D eigenvalue weighted by Gasteiger charge is -2.13. The number of esters is 1. The van der Waals surface area contributed by atoms with Gasteiger partial charge in [-0.2, -0.15) is 0 Å². The molecule has 0 bridgehead atoms. The van der Waals surface area contributed by atoms with Crippen molar-refractivity contribution in [3.63, 3.8) is 0 Å². The third kappa shape index (κ3) is 4.50. The van der Waals surface area contributed by atoms with Crippen LogP contribution in [0.5, 0.6) is 11.5 Å². The van der Waals surface area contributed by atoms with Crippen LogP contribution in [0.2, 0.25) is 0 Å². The van der Waals surface area contributed by atoms with Gasteiger partial charge in [-0.05, 0) is 56.2 Å². The van der Waals surface area contributed by atoms with Gasteiger partial charge in [-0.3, -0.25) is 9.59 Å². The summed E-state index contributed by atoms with van der Waals surface area (Å²) in [5, 5.41) is 0. The Labute approximate surface area is 163 Å². The number of benzene rings is 2. The maximum atomic E-state index is 14.3. The Morgan fingerprint density at radius 3 is 2.71 bits per heavy atom. The second-order valence-corrected chi connectivity index (χ2v) is 7.12. The monoisotopic (exact) mass is 386 g/mol. The van der Waals surface area contributed by atoms with E-state index >= 15 is 0 Å². The molecule has 1 aliphatic rings. The van der Waals surface area contributed by atoms with Gasteiger partial charge in [-0.1, -0.05) is 6.07 Å². The van der Waals surface area contributed by atoms with Crippen LogP contribution in [-0.2, 0) is 9.53 Å². The fourth-order valence-electron chi connectivity index (χ4n) is 3.08. The molecule has 0 amide bonds. The number of halogens is 1. The summed E-state index contributed by atoms with van der Waals surface area (Å²) in [6.45, 7) is 4.11. The minimum Gasteiger partial charge on any atom is -0.493 e. The zero-order valence-corrected chi connectivity index (χ0v) is 16.1. The number of carbonyl (C=O) groups is 2. The minimum absolute atomic E-state index is 0.0316. The van der Waals surface area contributed by atoms with Crippen LogP contribution in [0.4, 0.5) is 4.39 Å². The van der Waals surface area contributed by atoms with E-state index in [4.69, 9.17) is 14.2 Å². The van der Waals surface area contributed by atoms with Crippen molar-refractivity contribution in [2.24, 2.45) is 11.8 Å². The maximum Gasteiger partial charge on any atom is 0.309 e. The summed E-state index contributed by atoms with van der Waals surface area (Å²) in [6.07, 6.45) is 1.36. The van der Waals surface area contributed by atoms with Crippen LogP contribution in [0.1, 0.15) is 30.6 Å². The van der Waals surface area contributed by atoms with E-state index in [-0.39, 0.29) is 23.9 Å². The van der Waals surface area contributed by atoms with Crippen LogP contribution in [-0.4, -0.2) is 32.1 Å². The van der Waals surface area contributed by atoms with Crippen molar-refractivity contribution < 1.29 is 28.2 Å². The summed E-state index contributed by atoms with van der Waals surface area (Å²) in [5.41, 5.74) is 1.23. The van der Waals surface area contributed by atoms with E-state index in [1.54, 1.807) is 30.3 Å². The van der Waals surface area contributed by atoms with Crippen molar-refractivity contribution in [1.29, 1.82) is 0 Å². The second kappa shape index (κ2) is 8.42. The molecule has 0 spiro atoms. The predicted molar refractivity (Wildman–Crippen MR) is 102 cm³/mol. The van der Waals surface area contributed by atoms with Gasteiger partial charge < -0.3 is 14.2 Å². The molecule has 0 radical (unpaired) electrons. The highest BCUT2D eigenvalue weighted by molar-refractivity contribution is 5.83. The van der Waals surface area contributed by atoms with E-state index in [0.717, 1.165) is 6.42 Å². The average Bonchev–Trinajstić information content (AvgIpc) is 3.46. The Kier molecular flexibility index (Phi) is 5.97. The quantitative estimate of drug-likeness (QED) is 0.501. The van der Waals surface area contributed by atoms with Gasteiger partial charge in [-0.25, -0.2) is 4.39 Å². The molecule has 148 valence electrons. The standard InChI is InChI=1S/C22H23FO5/c1-13(2)28-17-5-6-20(23)18(10-17)14-4-7-21(15(8-14)11-24)27-12-16-9-19(16)22(25)26-3/h4-8,10-11,13,16,19H,9,12H2,1-3H3/t16-,19+/m0/s1. The molecule has 1 saturated carbocycles. The summed E-state index contributed by atoms with van der Waals surface area (Å²) in [7, 11) is 1.36. The van der Waals surface area contributed by atoms with Gasteiger partial charge in [0.05, 0.1) is 31.3 Å². The molecule has 1 aliphatic carbocycles. The molecule has 2 atom stereocenters. The van der Waals surface area contributed by atoms with Crippen LogP contribution >= 0.6 is 0 Å². The zero-order chi connectivity index (χ0) is 20.3. The molecule has 6 heteroatoms. The third-order valence-corrected chi connectivity index (χ3v) is 4.64. The molecule has 3 rings (SSSR count). The number of rotatable bonds is 8. The average molecular weight is 386 g/mol. The topological polar surface area (TPSA) is 61.8 Å². The first-order valence-corrected chi connectivity index (χ1v) is 9.19. The normalized spacial score (nSPS) is 17.9. The highest BCUT2D eigenvalue weighted by Crippen LogP contribution is 2.40. The summed E-state index contributed by atoms with van der Waals surface area (Å²) in [5.74, 6) is 0.279. The van der Waals surface area contributed by atoms with Crippen molar-refractivity contribution in [3.05, 3.63) is 47.8 Å². The molecule has 0 aliphatic heterocycles. The van der Waals surface area contributed by atoms with Crippen LogP contribution in [0.15, 0.2) is 36.4 Å². The third-order valence-electron chi connectivity index (χ3n) is 4.64. The molecular formula is C22H23FO5. The molecule has 0 aromatic heterocycles. The number of aldehydes is 1. The molecule has 5 nitrogen and oxygen atoms in total. The second-order valence-electron chi connectivity index (χ2n) is 7.12. The van der Waals surface area contributed by atoms with Crippen LogP contribution in [0.25, 0.3) is 11.1 Å². The molecule has 2 aromatic rings. The Morgan fingerprint density at radius 1 is 1.25 bits per heavy atom. The summed E-state index contributed by atoms with van der Waals surface area (Å²) >= 11 is 0. The number of hydrogen-bond acceptors (Lipinski definition) is 5. The molecule has 0 heterocycles. The van der Waals surface area contributed by atoms with Gasteiger partial charge in [0.25, 0.3) is 0 Å². The number of ether oxygens (including phenoxy) is 3. The summed E-state index contributed by atoms with van der Waals surface area (Å²) in [6, 6.07) is 9.46. The maximum absolute atomic E-state index is 14.3. The Morgan fingerprint density at radius 2 is 2.04 bits per heavy atom. The Balaban J connectivity index is 1.76. The van der Waals surface area contributed by atoms with E-state index in [1.165, 1.54) is 13.2 Å². The first-order chi connectivity index (χ1) is 13.4.